The number of hydrogen-bond donors (Lipinski definition) is 1. The number of carbonyl (C=O) groups excluding carboxylic acids is 1. The Morgan fingerprint density at radius 1 is 1.22 bits per heavy atom. The molecule has 5 heteroatoms. The Kier molecular flexibility index (Phi) is 5.55. The highest BCUT2D eigenvalue weighted by Gasteiger charge is 2.48. The second-order valence-corrected chi connectivity index (χ2v) is 8.43. The van der Waals surface area contributed by atoms with Crippen molar-refractivity contribution in [1.82, 2.24) is 5.32 Å². The molecule has 2 fully saturated rings. The number of amides is 1. The minimum absolute atomic E-state index is 0.0835. The Hall–Kier alpha value is -1.12. The van der Waals surface area contributed by atoms with Crippen LogP contribution in [0.4, 0.5) is 0 Å². The lowest BCUT2D eigenvalue weighted by atomic mass is 9.80. The number of fused-ring (bicyclic) bond motifs is 1. The summed E-state index contributed by atoms with van der Waals surface area (Å²) >= 11 is 3.61. The van der Waals surface area contributed by atoms with Gasteiger partial charge in [-0.2, -0.15) is 5.26 Å². The van der Waals surface area contributed by atoms with Crippen molar-refractivity contribution in [3.63, 3.8) is 0 Å². The molecule has 1 amide bonds. The predicted octanol–water partition coefficient (Wildman–Crippen LogP) is 3.80. The lowest BCUT2D eigenvalue weighted by molar-refractivity contribution is -0.127. The molecule has 122 valence electrons. The van der Waals surface area contributed by atoms with E-state index in [4.69, 9.17) is 5.26 Å². The Labute approximate surface area is 146 Å². The largest absolute Gasteiger partial charge is 0.343 e. The van der Waals surface area contributed by atoms with E-state index < -0.39 is 0 Å². The van der Waals surface area contributed by atoms with Crippen LogP contribution in [0.15, 0.2) is 34.1 Å². The van der Waals surface area contributed by atoms with Crippen molar-refractivity contribution in [2.45, 2.75) is 29.1 Å². The van der Waals surface area contributed by atoms with Gasteiger partial charge in [0.25, 0.3) is 0 Å². The lowest BCUT2D eigenvalue weighted by Gasteiger charge is -2.29. The van der Waals surface area contributed by atoms with E-state index in [0.717, 1.165) is 24.0 Å². The Balaban J connectivity index is 1.59. The van der Waals surface area contributed by atoms with Crippen LogP contribution >= 0.6 is 23.5 Å². The Morgan fingerprint density at radius 3 is 2.61 bits per heavy atom. The molecule has 0 bridgehead atoms. The minimum atomic E-state index is 0.0835. The molecule has 2 aliphatic rings. The molecule has 1 N–H and O–H groups in total. The van der Waals surface area contributed by atoms with E-state index in [2.05, 4.69) is 35.8 Å². The second kappa shape index (κ2) is 7.63. The molecule has 0 aliphatic heterocycles. The smallest absolute Gasteiger partial charge is 0.224 e. The van der Waals surface area contributed by atoms with Gasteiger partial charge in [-0.25, -0.2) is 0 Å². The van der Waals surface area contributed by atoms with Crippen molar-refractivity contribution < 1.29 is 4.79 Å². The standard InChI is InChI=1S/C18H22N2OS2/c1-22-15-2-4-16(5-3-15)23-11-14-9-12-8-13(12)10-17(14)18(21)20-7-6-19/h2-5,12-14,17H,7-11H2,1H3,(H,20,21)/t12-,13+,14?,17?/m1/s1. The van der Waals surface area contributed by atoms with Gasteiger partial charge in [-0.05, 0) is 67.5 Å². The van der Waals surface area contributed by atoms with Crippen LogP contribution in [0.2, 0.25) is 0 Å². The molecule has 2 unspecified atom stereocenters. The highest BCUT2D eigenvalue weighted by molar-refractivity contribution is 7.99. The molecule has 1 aromatic carbocycles. The zero-order valence-electron chi connectivity index (χ0n) is 13.3. The maximum Gasteiger partial charge on any atom is 0.224 e. The molecule has 2 aliphatic carbocycles. The summed E-state index contributed by atoms with van der Waals surface area (Å²) in [4.78, 5) is 14.9. The maximum absolute atomic E-state index is 12.4. The van der Waals surface area contributed by atoms with Crippen LogP contribution in [0.25, 0.3) is 0 Å². The molecule has 3 rings (SSSR count). The van der Waals surface area contributed by atoms with Gasteiger partial charge >= 0.3 is 0 Å². The van der Waals surface area contributed by atoms with Crippen molar-refractivity contribution in [2.24, 2.45) is 23.7 Å². The average Bonchev–Trinajstić information content (AvgIpc) is 3.35. The Morgan fingerprint density at radius 2 is 1.91 bits per heavy atom. The number of benzene rings is 1. The molecule has 3 nitrogen and oxygen atoms in total. The Bertz CT molecular complexity index is 596. The van der Waals surface area contributed by atoms with Crippen molar-refractivity contribution in [2.75, 3.05) is 18.6 Å². The molecule has 4 atom stereocenters. The van der Waals surface area contributed by atoms with Gasteiger partial charge in [0.1, 0.15) is 6.54 Å². The first-order valence-electron chi connectivity index (χ1n) is 8.12. The number of nitrogens with one attached hydrogen (secondary N) is 1. The molecule has 0 spiro atoms. The van der Waals surface area contributed by atoms with Crippen molar-refractivity contribution in [3.8, 4) is 6.07 Å². The quantitative estimate of drug-likeness (QED) is 0.629. The van der Waals surface area contributed by atoms with Crippen LogP contribution in [0.5, 0.6) is 0 Å². The third kappa shape index (κ3) is 4.24. The molecule has 0 saturated heterocycles. The number of carbonyl (C=O) groups is 1. The van der Waals surface area contributed by atoms with Crippen LogP contribution in [0.3, 0.4) is 0 Å². The summed E-state index contributed by atoms with van der Waals surface area (Å²) in [6, 6.07) is 10.7. The SMILES string of the molecule is CSc1ccc(SCC2C[C@H]3C[C@H]3CC2C(=O)NCC#N)cc1. The topological polar surface area (TPSA) is 52.9 Å². The van der Waals surface area contributed by atoms with Crippen LogP contribution < -0.4 is 5.32 Å². The van der Waals surface area contributed by atoms with Gasteiger partial charge in [-0.15, -0.1) is 23.5 Å². The summed E-state index contributed by atoms with van der Waals surface area (Å²) in [6.45, 7) is 0.124. The van der Waals surface area contributed by atoms with Gasteiger partial charge in [0, 0.05) is 21.5 Å². The number of nitrogens with zero attached hydrogens (tertiary/aromatic N) is 1. The van der Waals surface area contributed by atoms with Gasteiger partial charge in [0.2, 0.25) is 5.91 Å². The van der Waals surface area contributed by atoms with Crippen molar-refractivity contribution in [1.29, 1.82) is 5.26 Å². The van der Waals surface area contributed by atoms with E-state index in [1.54, 1.807) is 11.8 Å². The number of thioether (sulfide) groups is 2. The minimum Gasteiger partial charge on any atom is -0.343 e. The first-order chi connectivity index (χ1) is 11.2. The van der Waals surface area contributed by atoms with Crippen molar-refractivity contribution >= 4 is 29.4 Å². The zero-order valence-corrected chi connectivity index (χ0v) is 15.0. The summed E-state index contributed by atoms with van der Waals surface area (Å²) in [5.74, 6) is 3.20. The van der Waals surface area contributed by atoms with Gasteiger partial charge in [0.15, 0.2) is 0 Å². The summed E-state index contributed by atoms with van der Waals surface area (Å²) < 4.78 is 0. The fourth-order valence-corrected chi connectivity index (χ4v) is 5.11. The van der Waals surface area contributed by atoms with Crippen molar-refractivity contribution in [3.05, 3.63) is 24.3 Å². The van der Waals surface area contributed by atoms with E-state index in [0.29, 0.717) is 5.92 Å². The van der Waals surface area contributed by atoms with E-state index in [9.17, 15) is 4.79 Å². The number of rotatable bonds is 6. The molecule has 23 heavy (non-hydrogen) atoms. The maximum atomic E-state index is 12.4. The summed E-state index contributed by atoms with van der Waals surface area (Å²) in [7, 11) is 0. The predicted molar refractivity (Wildman–Crippen MR) is 95.4 cm³/mol. The summed E-state index contributed by atoms with van der Waals surface area (Å²) in [6.07, 6.45) is 5.57. The number of nitriles is 1. The van der Waals surface area contributed by atoms with E-state index in [1.807, 2.05) is 17.8 Å². The highest BCUT2D eigenvalue weighted by Crippen LogP contribution is 2.54. The average molecular weight is 347 g/mol. The molecule has 2 saturated carbocycles. The van der Waals surface area contributed by atoms with Crippen LogP contribution in [-0.4, -0.2) is 24.5 Å². The normalized spacial score (nSPS) is 28.5. The van der Waals surface area contributed by atoms with Crippen LogP contribution in [0.1, 0.15) is 19.3 Å². The first kappa shape index (κ1) is 16.7. The van der Waals surface area contributed by atoms with Gasteiger partial charge in [-0.3, -0.25) is 4.79 Å². The van der Waals surface area contributed by atoms with Gasteiger partial charge in [0.05, 0.1) is 6.07 Å². The third-order valence-corrected chi connectivity index (χ3v) is 6.95. The second-order valence-electron chi connectivity index (χ2n) is 6.46. The molecular formula is C18H22N2OS2. The fraction of sp³-hybridized carbons (Fsp3) is 0.556. The molecular weight excluding hydrogens is 324 g/mol. The summed E-state index contributed by atoms with van der Waals surface area (Å²) in [5, 5.41) is 11.4. The highest BCUT2D eigenvalue weighted by atomic mass is 32.2. The van der Waals surface area contributed by atoms with E-state index in [-0.39, 0.29) is 18.4 Å². The van der Waals surface area contributed by atoms with Gasteiger partial charge in [-0.1, -0.05) is 0 Å². The molecule has 1 aromatic rings. The fourth-order valence-electron chi connectivity index (χ4n) is 3.60. The molecule has 0 aromatic heterocycles. The van der Waals surface area contributed by atoms with Gasteiger partial charge < -0.3 is 5.32 Å². The molecule has 0 radical (unpaired) electrons. The van der Waals surface area contributed by atoms with Crippen LogP contribution in [-0.2, 0) is 4.79 Å². The zero-order chi connectivity index (χ0) is 16.2. The lowest BCUT2D eigenvalue weighted by Crippen LogP contribution is -2.38. The number of hydrogen-bond acceptors (Lipinski definition) is 4. The third-order valence-electron chi connectivity index (χ3n) is 5.00. The molecule has 0 heterocycles. The summed E-state index contributed by atoms with van der Waals surface area (Å²) in [5.41, 5.74) is 0. The monoisotopic (exact) mass is 346 g/mol. The van der Waals surface area contributed by atoms with E-state index >= 15 is 0 Å². The first-order valence-corrected chi connectivity index (χ1v) is 10.3. The van der Waals surface area contributed by atoms with E-state index in [1.165, 1.54) is 22.6 Å². The van der Waals surface area contributed by atoms with Crippen LogP contribution in [0, 0.1) is 35.0 Å².